The summed E-state index contributed by atoms with van der Waals surface area (Å²) in [5.41, 5.74) is 0.991. The molecule has 0 fully saturated rings. The van der Waals surface area contributed by atoms with Crippen LogP contribution in [0.3, 0.4) is 0 Å². The molecule has 24 heavy (non-hydrogen) atoms. The van der Waals surface area contributed by atoms with Crippen molar-refractivity contribution in [1.29, 1.82) is 0 Å². The normalized spacial score (nSPS) is 12.9. The predicted molar refractivity (Wildman–Crippen MR) is 94.7 cm³/mol. The number of hydrogen-bond acceptors (Lipinski definition) is 4. The first-order valence-electron chi connectivity index (χ1n) is 8.09. The predicted octanol–water partition coefficient (Wildman–Crippen LogP) is 0.967. The summed E-state index contributed by atoms with van der Waals surface area (Å²) in [6, 6.07) is 6.68. The van der Waals surface area contributed by atoms with Gasteiger partial charge in [0.05, 0.1) is 6.54 Å². The largest absolute Gasteiger partial charge is 0.508 e. The molecule has 4 N–H and O–H groups in total. The highest BCUT2D eigenvalue weighted by Crippen LogP contribution is 2.13. The first kappa shape index (κ1) is 19.7. The summed E-state index contributed by atoms with van der Waals surface area (Å²) in [5.74, 6) is -0.153. The Morgan fingerprint density at radius 1 is 1.25 bits per heavy atom. The Morgan fingerprint density at radius 3 is 2.54 bits per heavy atom. The lowest BCUT2D eigenvalue weighted by Crippen LogP contribution is -2.45. The van der Waals surface area contributed by atoms with Crippen LogP contribution in [-0.4, -0.2) is 42.6 Å². The number of amides is 2. The highest BCUT2D eigenvalue weighted by Gasteiger charge is 2.15. The first-order valence-corrected chi connectivity index (χ1v) is 8.09. The van der Waals surface area contributed by atoms with Crippen LogP contribution in [0.15, 0.2) is 36.9 Å². The minimum Gasteiger partial charge on any atom is -0.508 e. The third kappa shape index (κ3) is 7.78. The summed E-state index contributed by atoms with van der Waals surface area (Å²) >= 11 is 0. The molecule has 0 heterocycles. The van der Waals surface area contributed by atoms with E-state index in [2.05, 4.69) is 22.5 Å². The molecular formula is C18H27N3O3. The molecule has 2 atom stereocenters. The van der Waals surface area contributed by atoms with Gasteiger partial charge in [-0.15, -0.1) is 6.58 Å². The Kier molecular flexibility index (Phi) is 8.57. The van der Waals surface area contributed by atoms with Crippen LogP contribution in [0.4, 0.5) is 0 Å². The van der Waals surface area contributed by atoms with Gasteiger partial charge in [0, 0.05) is 25.0 Å². The lowest BCUT2D eigenvalue weighted by atomic mass is 10.0. The minimum atomic E-state index is -0.188. The molecule has 1 aromatic carbocycles. The van der Waals surface area contributed by atoms with E-state index in [1.54, 1.807) is 30.3 Å². The topological polar surface area (TPSA) is 90.5 Å². The first-order chi connectivity index (χ1) is 11.4. The van der Waals surface area contributed by atoms with Crippen LogP contribution in [0.2, 0.25) is 0 Å². The van der Waals surface area contributed by atoms with E-state index in [0.29, 0.717) is 19.5 Å². The second-order valence-corrected chi connectivity index (χ2v) is 5.90. The smallest absolute Gasteiger partial charge is 0.234 e. The third-order valence-electron chi connectivity index (χ3n) is 3.49. The van der Waals surface area contributed by atoms with E-state index >= 15 is 0 Å². The summed E-state index contributed by atoms with van der Waals surface area (Å²) in [7, 11) is 0. The Morgan fingerprint density at radius 2 is 1.92 bits per heavy atom. The molecule has 0 aliphatic heterocycles. The Balaban J connectivity index is 2.29. The summed E-state index contributed by atoms with van der Waals surface area (Å²) in [4.78, 5) is 23.8. The van der Waals surface area contributed by atoms with Gasteiger partial charge in [-0.25, -0.2) is 0 Å². The monoisotopic (exact) mass is 333 g/mol. The lowest BCUT2D eigenvalue weighted by molar-refractivity contribution is -0.125. The van der Waals surface area contributed by atoms with E-state index in [9.17, 15) is 14.7 Å². The number of rotatable bonds is 10. The van der Waals surface area contributed by atoms with Crippen LogP contribution in [-0.2, 0) is 16.0 Å². The van der Waals surface area contributed by atoms with Crippen LogP contribution >= 0.6 is 0 Å². The molecule has 0 bridgehead atoms. The van der Waals surface area contributed by atoms with E-state index < -0.39 is 0 Å². The van der Waals surface area contributed by atoms with E-state index in [-0.39, 0.29) is 36.1 Å². The van der Waals surface area contributed by atoms with Crippen molar-refractivity contribution in [1.82, 2.24) is 16.0 Å². The molecule has 0 aliphatic rings. The Hall–Kier alpha value is -2.34. The average Bonchev–Trinajstić information content (AvgIpc) is 2.55. The van der Waals surface area contributed by atoms with Crippen LogP contribution < -0.4 is 16.0 Å². The third-order valence-corrected chi connectivity index (χ3v) is 3.49. The van der Waals surface area contributed by atoms with Gasteiger partial charge in [-0.1, -0.05) is 25.1 Å². The van der Waals surface area contributed by atoms with Gasteiger partial charge in [-0.3, -0.25) is 9.59 Å². The number of carbonyl (C=O) groups is 2. The maximum atomic E-state index is 12.1. The van der Waals surface area contributed by atoms with Gasteiger partial charge >= 0.3 is 0 Å². The molecule has 6 heteroatoms. The second-order valence-electron chi connectivity index (χ2n) is 5.90. The van der Waals surface area contributed by atoms with Gasteiger partial charge in [0.1, 0.15) is 5.75 Å². The van der Waals surface area contributed by atoms with Crippen molar-refractivity contribution < 1.29 is 14.7 Å². The average molecular weight is 333 g/mol. The summed E-state index contributed by atoms with van der Waals surface area (Å²) in [5, 5.41) is 17.8. The second kappa shape index (κ2) is 10.4. The zero-order valence-corrected chi connectivity index (χ0v) is 14.3. The fourth-order valence-electron chi connectivity index (χ4n) is 2.17. The van der Waals surface area contributed by atoms with Crippen molar-refractivity contribution in [3.63, 3.8) is 0 Å². The fourth-order valence-corrected chi connectivity index (χ4v) is 2.17. The van der Waals surface area contributed by atoms with Crippen LogP contribution in [0.1, 0.15) is 19.4 Å². The van der Waals surface area contributed by atoms with Gasteiger partial charge in [0.2, 0.25) is 11.8 Å². The molecule has 0 aromatic heterocycles. The van der Waals surface area contributed by atoms with Crippen LogP contribution in [0.25, 0.3) is 0 Å². The van der Waals surface area contributed by atoms with E-state index in [1.165, 1.54) is 0 Å². The van der Waals surface area contributed by atoms with Gasteiger partial charge in [-0.2, -0.15) is 0 Å². The molecule has 6 nitrogen and oxygen atoms in total. The van der Waals surface area contributed by atoms with Crippen LogP contribution in [0, 0.1) is 5.92 Å². The van der Waals surface area contributed by atoms with Gasteiger partial charge < -0.3 is 21.1 Å². The molecule has 0 aliphatic carbocycles. The number of phenols is 1. The molecule has 0 saturated carbocycles. The highest BCUT2D eigenvalue weighted by molar-refractivity contribution is 5.79. The van der Waals surface area contributed by atoms with E-state index in [0.717, 1.165) is 5.56 Å². The zero-order valence-electron chi connectivity index (χ0n) is 14.3. The van der Waals surface area contributed by atoms with Crippen molar-refractivity contribution in [3.05, 3.63) is 42.5 Å². The summed E-state index contributed by atoms with van der Waals surface area (Å²) < 4.78 is 0. The number of benzene rings is 1. The minimum absolute atomic E-state index is 0.0612. The van der Waals surface area contributed by atoms with Gasteiger partial charge in [0.25, 0.3) is 0 Å². The number of nitrogens with one attached hydrogen (secondary N) is 3. The summed E-state index contributed by atoms with van der Waals surface area (Å²) in [6.45, 7) is 8.44. The maximum Gasteiger partial charge on any atom is 0.234 e. The van der Waals surface area contributed by atoms with Crippen molar-refractivity contribution in [2.75, 3.05) is 19.6 Å². The fraction of sp³-hybridized carbons (Fsp3) is 0.444. The SMILES string of the molecule is C=CCNCC(=O)N[C@@H](C)CNC(=O)[C@@H](C)Cc1ccc(O)cc1. The standard InChI is InChI=1S/C18H27N3O3/c1-4-9-19-12-17(23)21-14(3)11-20-18(24)13(2)10-15-5-7-16(22)8-6-15/h4-8,13-14,19,22H,1,9-12H2,2-3H3,(H,20,24)(H,21,23)/t13-,14-/m0/s1. The molecule has 132 valence electrons. The maximum absolute atomic E-state index is 12.1. The van der Waals surface area contributed by atoms with Crippen molar-refractivity contribution in [3.8, 4) is 5.75 Å². The quantitative estimate of drug-likeness (QED) is 0.379. The number of phenolic OH excluding ortho intramolecular Hbond substituents is 1. The number of carbonyl (C=O) groups excluding carboxylic acids is 2. The lowest BCUT2D eigenvalue weighted by Gasteiger charge is -2.17. The molecule has 0 unspecified atom stereocenters. The van der Waals surface area contributed by atoms with Gasteiger partial charge in [-0.05, 0) is 31.0 Å². The van der Waals surface area contributed by atoms with Crippen LogP contribution in [0.5, 0.6) is 5.75 Å². The van der Waals surface area contributed by atoms with E-state index in [1.807, 2.05) is 13.8 Å². The molecule has 0 spiro atoms. The van der Waals surface area contributed by atoms with E-state index in [4.69, 9.17) is 0 Å². The number of aromatic hydroxyl groups is 1. The van der Waals surface area contributed by atoms with Crippen molar-refractivity contribution in [2.24, 2.45) is 5.92 Å². The van der Waals surface area contributed by atoms with Crippen molar-refractivity contribution in [2.45, 2.75) is 26.3 Å². The number of hydrogen-bond donors (Lipinski definition) is 4. The summed E-state index contributed by atoms with van der Waals surface area (Å²) in [6.07, 6.45) is 2.28. The molecule has 1 aromatic rings. The Bertz CT molecular complexity index is 543. The highest BCUT2D eigenvalue weighted by atomic mass is 16.3. The van der Waals surface area contributed by atoms with Gasteiger partial charge in [0.15, 0.2) is 0 Å². The Labute approximate surface area is 143 Å². The van der Waals surface area contributed by atoms with Crippen molar-refractivity contribution >= 4 is 11.8 Å². The molecule has 0 saturated heterocycles. The molecule has 0 radical (unpaired) electrons. The zero-order chi connectivity index (χ0) is 17.9. The molecule has 1 rings (SSSR count). The molecular weight excluding hydrogens is 306 g/mol. The molecule has 2 amide bonds.